The largest absolute Gasteiger partial charge is 0.381 e. The highest BCUT2D eigenvalue weighted by molar-refractivity contribution is 4.98. The molecule has 0 aromatic carbocycles. The molecule has 1 fully saturated rings. The van der Waals surface area contributed by atoms with E-state index in [1.807, 2.05) is 12.5 Å². The molecule has 2 heterocycles. The van der Waals surface area contributed by atoms with Crippen molar-refractivity contribution in [3.63, 3.8) is 0 Å². The Hall–Kier alpha value is -0.870. The van der Waals surface area contributed by atoms with Crippen LogP contribution in [0.25, 0.3) is 0 Å². The summed E-state index contributed by atoms with van der Waals surface area (Å²) in [6.45, 7) is 9.35. The molecule has 0 saturated carbocycles. The summed E-state index contributed by atoms with van der Waals surface area (Å²) in [5.74, 6) is 1.44. The lowest BCUT2D eigenvalue weighted by Gasteiger charge is -2.23. The molecule has 1 saturated heterocycles. The van der Waals surface area contributed by atoms with E-state index in [9.17, 15) is 0 Å². The Balaban J connectivity index is 1.82. The van der Waals surface area contributed by atoms with Gasteiger partial charge in [0, 0.05) is 32.5 Å². The van der Waals surface area contributed by atoms with Crippen molar-refractivity contribution in [2.24, 2.45) is 11.8 Å². The van der Waals surface area contributed by atoms with Crippen LogP contribution in [0.5, 0.6) is 0 Å². The van der Waals surface area contributed by atoms with Gasteiger partial charge in [0.2, 0.25) is 0 Å². The molecule has 1 aromatic heterocycles. The first-order valence-electron chi connectivity index (χ1n) is 7.03. The van der Waals surface area contributed by atoms with Gasteiger partial charge in [0.15, 0.2) is 0 Å². The monoisotopic (exact) mass is 251 g/mol. The summed E-state index contributed by atoms with van der Waals surface area (Å²) in [6, 6.07) is 0. The van der Waals surface area contributed by atoms with Gasteiger partial charge in [-0.15, -0.1) is 0 Å². The van der Waals surface area contributed by atoms with Crippen molar-refractivity contribution in [3.8, 4) is 0 Å². The molecule has 4 nitrogen and oxygen atoms in total. The maximum absolute atomic E-state index is 5.40. The van der Waals surface area contributed by atoms with Crippen LogP contribution in [0, 0.1) is 11.8 Å². The number of ether oxygens (including phenoxy) is 1. The van der Waals surface area contributed by atoms with E-state index in [-0.39, 0.29) is 0 Å². The van der Waals surface area contributed by atoms with Gasteiger partial charge in [0.1, 0.15) is 0 Å². The number of nitrogens with one attached hydrogen (secondary N) is 1. The van der Waals surface area contributed by atoms with Crippen molar-refractivity contribution >= 4 is 0 Å². The molecule has 1 aliphatic rings. The first-order chi connectivity index (χ1) is 8.75. The van der Waals surface area contributed by atoms with Crippen molar-refractivity contribution in [1.29, 1.82) is 0 Å². The van der Waals surface area contributed by atoms with Crippen LogP contribution in [-0.4, -0.2) is 29.3 Å². The molecule has 0 aliphatic carbocycles. The number of aromatic nitrogens is 2. The molecule has 0 amide bonds. The van der Waals surface area contributed by atoms with Crippen LogP contribution in [0.15, 0.2) is 12.5 Å². The minimum absolute atomic E-state index is 0.692. The maximum Gasteiger partial charge on any atom is 0.0948 e. The third-order valence-electron chi connectivity index (χ3n) is 3.45. The summed E-state index contributed by atoms with van der Waals surface area (Å²) in [7, 11) is 0. The lowest BCUT2D eigenvalue weighted by molar-refractivity contribution is 0.0610. The lowest BCUT2D eigenvalue weighted by Crippen LogP contribution is -2.24. The van der Waals surface area contributed by atoms with E-state index in [0.29, 0.717) is 5.92 Å². The van der Waals surface area contributed by atoms with Crippen LogP contribution in [0.2, 0.25) is 0 Å². The summed E-state index contributed by atoms with van der Waals surface area (Å²) in [5.41, 5.74) is 1.29. The number of hydrogen-bond donors (Lipinski definition) is 1. The van der Waals surface area contributed by atoms with E-state index in [1.165, 1.54) is 18.5 Å². The number of imidazole rings is 1. The molecule has 4 heteroatoms. The van der Waals surface area contributed by atoms with Crippen LogP contribution in [0.4, 0.5) is 0 Å². The van der Waals surface area contributed by atoms with Crippen LogP contribution < -0.4 is 5.32 Å². The molecule has 1 aliphatic heterocycles. The maximum atomic E-state index is 5.40. The highest BCUT2D eigenvalue weighted by Gasteiger charge is 2.15. The van der Waals surface area contributed by atoms with Crippen LogP contribution in [-0.2, 0) is 17.8 Å². The fraction of sp³-hybridized carbons (Fsp3) is 0.786. The zero-order valence-corrected chi connectivity index (χ0v) is 11.6. The number of hydrogen-bond acceptors (Lipinski definition) is 3. The first kappa shape index (κ1) is 13.6. The summed E-state index contributed by atoms with van der Waals surface area (Å²) < 4.78 is 7.70. The Kier molecular flexibility index (Phi) is 5.20. The standard InChI is InChI=1S/C14H25N3O/c1-12(2)7-15-8-14-9-16-11-17(14)10-13-3-5-18-6-4-13/h9,11-13,15H,3-8,10H2,1-2H3. The average Bonchev–Trinajstić information content (AvgIpc) is 2.78. The van der Waals surface area contributed by atoms with E-state index < -0.39 is 0 Å². The fourth-order valence-electron chi connectivity index (χ4n) is 2.36. The number of rotatable bonds is 6. The second kappa shape index (κ2) is 6.90. The summed E-state index contributed by atoms with van der Waals surface area (Å²) in [4.78, 5) is 4.28. The molecule has 0 unspecified atom stereocenters. The zero-order chi connectivity index (χ0) is 12.8. The van der Waals surface area contributed by atoms with Gasteiger partial charge in [0.05, 0.1) is 12.0 Å². The molecule has 2 rings (SSSR count). The SMILES string of the molecule is CC(C)CNCc1cncn1CC1CCOCC1. The molecule has 0 radical (unpaired) electrons. The zero-order valence-electron chi connectivity index (χ0n) is 11.6. The van der Waals surface area contributed by atoms with Gasteiger partial charge in [-0.3, -0.25) is 0 Å². The average molecular weight is 251 g/mol. The first-order valence-corrected chi connectivity index (χ1v) is 7.03. The minimum Gasteiger partial charge on any atom is -0.381 e. The van der Waals surface area contributed by atoms with Gasteiger partial charge < -0.3 is 14.6 Å². The molecule has 0 spiro atoms. The highest BCUT2D eigenvalue weighted by Crippen LogP contribution is 2.17. The van der Waals surface area contributed by atoms with Gasteiger partial charge in [-0.05, 0) is 31.2 Å². The molecule has 0 atom stereocenters. The van der Waals surface area contributed by atoms with Crippen molar-refractivity contribution < 1.29 is 4.74 Å². The minimum atomic E-state index is 0.692. The Morgan fingerprint density at radius 2 is 2.22 bits per heavy atom. The second-order valence-corrected chi connectivity index (χ2v) is 5.62. The molecular weight excluding hydrogens is 226 g/mol. The van der Waals surface area contributed by atoms with Crippen LogP contribution in [0.3, 0.4) is 0 Å². The van der Waals surface area contributed by atoms with Crippen molar-refractivity contribution in [3.05, 3.63) is 18.2 Å². The van der Waals surface area contributed by atoms with E-state index >= 15 is 0 Å². The molecule has 102 valence electrons. The van der Waals surface area contributed by atoms with Gasteiger partial charge in [0.25, 0.3) is 0 Å². The van der Waals surface area contributed by atoms with Gasteiger partial charge >= 0.3 is 0 Å². The Labute approximate surface area is 110 Å². The van der Waals surface area contributed by atoms with Crippen molar-refractivity contribution in [2.45, 2.75) is 39.8 Å². The molecule has 1 aromatic rings. The third-order valence-corrected chi connectivity index (χ3v) is 3.45. The van der Waals surface area contributed by atoms with Gasteiger partial charge in [-0.1, -0.05) is 13.8 Å². The molecule has 18 heavy (non-hydrogen) atoms. The smallest absolute Gasteiger partial charge is 0.0948 e. The van der Waals surface area contributed by atoms with Crippen LogP contribution in [0.1, 0.15) is 32.4 Å². The predicted molar refractivity (Wildman–Crippen MR) is 72.3 cm³/mol. The summed E-state index contributed by atoms with van der Waals surface area (Å²) in [5, 5.41) is 3.48. The van der Waals surface area contributed by atoms with Gasteiger partial charge in [-0.2, -0.15) is 0 Å². The lowest BCUT2D eigenvalue weighted by atomic mass is 10.0. The summed E-state index contributed by atoms with van der Waals surface area (Å²) >= 11 is 0. The Morgan fingerprint density at radius 3 is 2.94 bits per heavy atom. The van der Waals surface area contributed by atoms with E-state index in [4.69, 9.17) is 4.74 Å². The molecule has 0 bridgehead atoms. The van der Waals surface area contributed by atoms with Crippen LogP contribution >= 0.6 is 0 Å². The Bertz CT molecular complexity index is 343. The quantitative estimate of drug-likeness (QED) is 0.841. The fourth-order valence-corrected chi connectivity index (χ4v) is 2.36. The second-order valence-electron chi connectivity index (χ2n) is 5.62. The third kappa shape index (κ3) is 4.10. The van der Waals surface area contributed by atoms with E-state index in [0.717, 1.165) is 38.8 Å². The number of nitrogens with zero attached hydrogens (tertiary/aromatic N) is 2. The van der Waals surface area contributed by atoms with Crippen molar-refractivity contribution in [2.75, 3.05) is 19.8 Å². The normalized spacial score (nSPS) is 17.5. The molecular formula is C14H25N3O. The van der Waals surface area contributed by atoms with E-state index in [1.54, 1.807) is 0 Å². The Morgan fingerprint density at radius 1 is 1.44 bits per heavy atom. The topological polar surface area (TPSA) is 39.1 Å². The predicted octanol–water partition coefficient (Wildman–Crippen LogP) is 2.06. The highest BCUT2D eigenvalue weighted by atomic mass is 16.5. The molecule has 1 N–H and O–H groups in total. The van der Waals surface area contributed by atoms with Crippen molar-refractivity contribution in [1.82, 2.24) is 14.9 Å². The van der Waals surface area contributed by atoms with Gasteiger partial charge in [-0.25, -0.2) is 4.98 Å². The summed E-state index contributed by atoms with van der Waals surface area (Å²) in [6.07, 6.45) is 6.29. The van der Waals surface area contributed by atoms with E-state index in [2.05, 4.69) is 28.7 Å².